The van der Waals surface area contributed by atoms with Crippen LogP contribution in [0.1, 0.15) is 10.6 Å². The van der Waals surface area contributed by atoms with Crippen molar-refractivity contribution in [3.63, 3.8) is 0 Å². The predicted molar refractivity (Wildman–Crippen MR) is 34.5 cm³/mol. The van der Waals surface area contributed by atoms with Gasteiger partial charge in [-0.05, 0) is 0 Å². The highest BCUT2D eigenvalue weighted by atomic mass is 32.2. The van der Waals surface area contributed by atoms with Gasteiger partial charge in [-0.15, -0.1) is 0 Å². The molecule has 0 aliphatic rings. The van der Waals surface area contributed by atoms with Crippen LogP contribution in [0.4, 0.5) is 0 Å². The number of carbonyl (C=O) groups excluding carboxylic acids is 1. The fourth-order valence-corrected chi connectivity index (χ4v) is 0.855. The van der Waals surface area contributed by atoms with E-state index in [-0.39, 0.29) is 0 Å². The van der Waals surface area contributed by atoms with Crippen LogP contribution in [0, 0.1) is 0 Å². The second kappa shape index (κ2) is 2.44. The van der Waals surface area contributed by atoms with Gasteiger partial charge < -0.3 is 4.98 Å². The van der Waals surface area contributed by atoms with Crippen LogP contribution in [0.2, 0.25) is 0 Å². The average Bonchev–Trinajstić information content (AvgIpc) is 2.34. The maximum absolute atomic E-state index is 10.6. The molecular weight excluding hydrogens is 172 g/mol. The number of rotatable bonds is 1. The first-order chi connectivity index (χ1) is 5.02. The van der Waals surface area contributed by atoms with Crippen molar-refractivity contribution >= 4 is 15.2 Å². The van der Waals surface area contributed by atoms with Crippen molar-refractivity contribution in [3.8, 4) is 0 Å². The second-order valence-corrected chi connectivity index (χ2v) is 3.02. The molecule has 2 N–H and O–H groups in total. The molecule has 1 aromatic rings. The predicted octanol–water partition coefficient (Wildman–Crippen LogP) is -0.562. The Hall–Kier alpha value is -1.21. The molecule has 0 saturated carbocycles. The van der Waals surface area contributed by atoms with Crippen molar-refractivity contribution < 1.29 is 17.8 Å². The molecule has 0 aliphatic carbocycles. The Morgan fingerprint density at radius 2 is 2.27 bits per heavy atom. The Labute approximate surface area is 62.0 Å². The van der Waals surface area contributed by atoms with E-state index in [0.29, 0.717) is 0 Å². The minimum Gasteiger partial charge on any atom is -0.341 e. The van der Waals surface area contributed by atoms with E-state index in [1.165, 1.54) is 12.4 Å². The Balaban J connectivity index is 3.07. The largest absolute Gasteiger partial charge is 0.341 e. The van der Waals surface area contributed by atoms with E-state index >= 15 is 0 Å². The van der Waals surface area contributed by atoms with E-state index in [9.17, 15) is 13.2 Å². The molecule has 11 heavy (non-hydrogen) atoms. The average molecular weight is 176 g/mol. The Kier molecular flexibility index (Phi) is 1.75. The van der Waals surface area contributed by atoms with Crippen LogP contribution in [0.25, 0.3) is 0 Å². The molecule has 0 bridgehead atoms. The summed E-state index contributed by atoms with van der Waals surface area (Å²) in [6.45, 7) is 0. The fraction of sp³-hybridized carbons (Fsp3) is 0. The molecule has 0 spiro atoms. The van der Waals surface area contributed by atoms with Gasteiger partial charge in [-0.2, -0.15) is 8.42 Å². The summed E-state index contributed by atoms with van der Waals surface area (Å²) in [6.07, 6.45) is 2.48. The van der Waals surface area contributed by atoms with Crippen LogP contribution in [0.5, 0.6) is 0 Å². The van der Waals surface area contributed by atoms with E-state index in [4.69, 9.17) is 4.55 Å². The number of hydrogen-bond acceptors (Lipinski definition) is 4. The van der Waals surface area contributed by atoms with Crippen LogP contribution in [-0.4, -0.2) is 28.1 Å². The summed E-state index contributed by atoms with van der Waals surface area (Å²) in [7, 11) is -4.66. The summed E-state index contributed by atoms with van der Waals surface area (Å²) in [4.78, 5) is 16.2. The molecule has 6 nitrogen and oxygen atoms in total. The molecule has 0 unspecified atom stereocenters. The van der Waals surface area contributed by atoms with E-state index in [0.717, 1.165) is 0 Å². The van der Waals surface area contributed by atoms with Gasteiger partial charge in [-0.3, -0.25) is 9.35 Å². The number of H-pyrrole nitrogens is 1. The highest BCUT2D eigenvalue weighted by Gasteiger charge is 2.22. The minimum absolute atomic E-state index is 0.396. The van der Waals surface area contributed by atoms with E-state index in [1.807, 2.05) is 0 Å². The lowest BCUT2D eigenvalue weighted by atomic mass is 10.7. The zero-order valence-electron chi connectivity index (χ0n) is 5.18. The highest BCUT2D eigenvalue weighted by Crippen LogP contribution is 1.96. The molecule has 7 heteroatoms. The Bertz CT molecular complexity index is 351. The number of hydrogen-bond donors (Lipinski definition) is 2. The van der Waals surface area contributed by atoms with E-state index in [1.54, 1.807) is 0 Å². The Morgan fingerprint density at radius 1 is 1.64 bits per heavy atom. The monoisotopic (exact) mass is 176 g/mol. The lowest BCUT2D eigenvalue weighted by molar-refractivity contribution is 0.105. The molecule has 0 saturated heterocycles. The van der Waals surface area contributed by atoms with Gasteiger partial charge in [0.1, 0.15) is 0 Å². The van der Waals surface area contributed by atoms with Crippen LogP contribution in [-0.2, 0) is 10.1 Å². The number of aromatic nitrogens is 2. The molecule has 0 aromatic carbocycles. The van der Waals surface area contributed by atoms with Crippen molar-refractivity contribution in [2.75, 3.05) is 0 Å². The van der Waals surface area contributed by atoms with Gasteiger partial charge >= 0.3 is 15.2 Å². The third kappa shape index (κ3) is 1.63. The second-order valence-electron chi connectivity index (χ2n) is 1.70. The van der Waals surface area contributed by atoms with Gasteiger partial charge in [0.2, 0.25) is 0 Å². The SMILES string of the molecule is O=C(c1ncc[nH]1)S(=O)(=O)O. The van der Waals surface area contributed by atoms with Gasteiger partial charge in [0.25, 0.3) is 0 Å². The first-order valence-corrected chi connectivity index (χ1v) is 3.97. The summed E-state index contributed by atoms with van der Waals surface area (Å²) in [5, 5.41) is -1.43. The van der Waals surface area contributed by atoms with Crippen molar-refractivity contribution in [2.24, 2.45) is 0 Å². The normalized spacial score (nSPS) is 11.4. The lowest BCUT2D eigenvalue weighted by Crippen LogP contribution is -2.14. The van der Waals surface area contributed by atoms with Crippen molar-refractivity contribution in [2.45, 2.75) is 0 Å². The number of imidazole rings is 1. The number of aromatic amines is 1. The summed E-state index contributed by atoms with van der Waals surface area (Å²) in [5.74, 6) is -0.396. The van der Waals surface area contributed by atoms with Gasteiger partial charge in [-0.1, -0.05) is 0 Å². The smallest absolute Gasteiger partial charge is 0.338 e. The summed E-state index contributed by atoms with van der Waals surface area (Å²) in [6, 6.07) is 0. The highest BCUT2D eigenvalue weighted by molar-refractivity contribution is 8.01. The van der Waals surface area contributed by atoms with Crippen LogP contribution >= 0.6 is 0 Å². The first-order valence-electron chi connectivity index (χ1n) is 2.53. The van der Waals surface area contributed by atoms with Gasteiger partial charge in [0.05, 0.1) is 0 Å². The third-order valence-corrected chi connectivity index (χ3v) is 1.59. The summed E-state index contributed by atoms with van der Waals surface area (Å²) >= 11 is 0. The number of nitrogens with one attached hydrogen (secondary N) is 1. The zero-order chi connectivity index (χ0) is 8.48. The van der Waals surface area contributed by atoms with Crippen molar-refractivity contribution in [1.82, 2.24) is 9.97 Å². The van der Waals surface area contributed by atoms with Gasteiger partial charge in [0.15, 0.2) is 5.82 Å². The molecule has 1 aromatic heterocycles. The van der Waals surface area contributed by atoms with Crippen molar-refractivity contribution in [1.29, 1.82) is 0 Å². The van der Waals surface area contributed by atoms with Crippen LogP contribution in [0.15, 0.2) is 12.4 Å². The van der Waals surface area contributed by atoms with Crippen molar-refractivity contribution in [3.05, 3.63) is 18.2 Å². The lowest BCUT2D eigenvalue weighted by Gasteiger charge is -1.88. The maximum Gasteiger partial charge on any atom is 0.338 e. The zero-order valence-corrected chi connectivity index (χ0v) is 6.00. The topological polar surface area (TPSA) is 100 Å². The summed E-state index contributed by atoms with van der Waals surface area (Å²) in [5.41, 5.74) is 0. The molecule has 0 radical (unpaired) electrons. The fourth-order valence-electron chi connectivity index (χ4n) is 0.499. The van der Waals surface area contributed by atoms with Gasteiger partial charge in [0, 0.05) is 12.4 Å². The molecule has 1 heterocycles. The number of carbonyl (C=O) groups is 1. The standard InChI is InChI=1S/C4H4N2O4S/c7-4(11(8,9)10)3-5-1-2-6-3/h1-2H,(H,5,6)(H,8,9,10). The van der Waals surface area contributed by atoms with Gasteiger partial charge in [-0.25, -0.2) is 4.98 Å². The van der Waals surface area contributed by atoms with Crippen LogP contribution in [0.3, 0.4) is 0 Å². The maximum atomic E-state index is 10.6. The third-order valence-electron chi connectivity index (χ3n) is 0.926. The Morgan fingerprint density at radius 3 is 2.64 bits per heavy atom. The molecule has 0 atom stereocenters. The molecule has 0 aliphatic heterocycles. The molecule has 60 valence electrons. The first kappa shape index (κ1) is 7.89. The molecule has 0 amide bonds. The van der Waals surface area contributed by atoms with E-state index < -0.39 is 21.1 Å². The number of nitrogens with zero attached hydrogens (tertiary/aromatic N) is 1. The van der Waals surface area contributed by atoms with Crippen LogP contribution < -0.4 is 0 Å². The van der Waals surface area contributed by atoms with E-state index in [2.05, 4.69) is 9.97 Å². The minimum atomic E-state index is -4.66. The molecule has 1 rings (SSSR count). The molecule has 0 fully saturated rings. The summed E-state index contributed by atoms with van der Waals surface area (Å²) < 4.78 is 28.6. The quantitative estimate of drug-likeness (QED) is 0.558. The molecular formula is C4H4N2O4S.